The molecule has 0 aliphatic carbocycles. The third kappa shape index (κ3) is 3.65. The smallest absolute Gasteiger partial charge is 0.275 e. The Morgan fingerprint density at radius 2 is 1.77 bits per heavy atom. The Labute approximate surface area is 170 Å². The number of nitrogens with one attached hydrogen (secondary N) is 1. The number of anilines is 3. The van der Waals surface area contributed by atoms with Gasteiger partial charge in [-0.3, -0.25) is 4.79 Å². The van der Waals surface area contributed by atoms with Gasteiger partial charge in [0.05, 0.1) is 11.4 Å². The van der Waals surface area contributed by atoms with Crippen molar-refractivity contribution < 1.29 is 9.90 Å². The van der Waals surface area contributed by atoms with Crippen LogP contribution >= 0.6 is 0 Å². The third-order valence-corrected chi connectivity index (χ3v) is 4.44. The molecule has 0 unspecified atom stereocenters. The lowest BCUT2D eigenvalue weighted by Gasteiger charge is -2.12. The highest BCUT2D eigenvalue weighted by Crippen LogP contribution is 2.18. The molecule has 10 heteroatoms. The molecule has 0 amide bonds. The lowest BCUT2D eigenvalue weighted by atomic mass is 10.1. The molecule has 0 spiro atoms. The van der Waals surface area contributed by atoms with Gasteiger partial charge >= 0.3 is 0 Å². The first kappa shape index (κ1) is 19.0. The van der Waals surface area contributed by atoms with Crippen LogP contribution in [0.3, 0.4) is 0 Å². The summed E-state index contributed by atoms with van der Waals surface area (Å²) in [7, 11) is 0. The number of hydrogen-bond acceptors (Lipinski definition) is 9. The maximum Gasteiger partial charge on any atom is 0.275 e. The third-order valence-electron chi connectivity index (χ3n) is 4.44. The molecule has 0 saturated heterocycles. The molecule has 0 aliphatic heterocycles. The van der Waals surface area contributed by atoms with Crippen LogP contribution in [0.2, 0.25) is 0 Å². The molecule has 4 aromatic rings. The molecule has 2 heterocycles. The zero-order valence-corrected chi connectivity index (χ0v) is 15.9. The molecule has 0 saturated carbocycles. The van der Waals surface area contributed by atoms with E-state index in [9.17, 15) is 14.7 Å². The number of carboxylic acids is 1. The van der Waals surface area contributed by atoms with E-state index in [-0.39, 0.29) is 40.7 Å². The number of para-hydroxylation sites is 1. The molecule has 150 valence electrons. The highest BCUT2D eigenvalue weighted by Gasteiger charge is 2.14. The standard InChI is InChI=1S/C20H17N7O3/c1-11-6-2-5-9-14(11)22-20-24-15(23-19(21)25-20)10-27-17(28)13-8-4-3-7-12(13)16(26-27)18(29)30/h2-9H,10H2,1H3,(H,29,30)(H3,21,22,23,24,25)/p-1. The van der Waals surface area contributed by atoms with Crippen LogP contribution in [0.25, 0.3) is 10.8 Å². The molecule has 0 fully saturated rings. The molecular formula is C20H16N7O3-. The van der Waals surface area contributed by atoms with E-state index in [2.05, 4.69) is 25.4 Å². The van der Waals surface area contributed by atoms with Gasteiger partial charge in [0.1, 0.15) is 12.2 Å². The monoisotopic (exact) mass is 402 g/mol. The van der Waals surface area contributed by atoms with E-state index >= 15 is 0 Å². The van der Waals surface area contributed by atoms with Crippen LogP contribution in [0.15, 0.2) is 53.3 Å². The van der Waals surface area contributed by atoms with Gasteiger partial charge in [-0.2, -0.15) is 20.1 Å². The summed E-state index contributed by atoms with van der Waals surface area (Å²) >= 11 is 0. The van der Waals surface area contributed by atoms with E-state index in [0.717, 1.165) is 15.9 Å². The Kier molecular flexibility index (Phi) is 4.80. The van der Waals surface area contributed by atoms with E-state index in [4.69, 9.17) is 5.73 Å². The first-order valence-corrected chi connectivity index (χ1v) is 8.96. The number of aryl methyl sites for hydroxylation is 1. The molecule has 10 nitrogen and oxygen atoms in total. The second-order valence-corrected chi connectivity index (χ2v) is 6.52. The van der Waals surface area contributed by atoms with Crippen molar-refractivity contribution in [2.45, 2.75) is 13.5 Å². The summed E-state index contributed by atoms with van der Waals surface area (Å²) in [6.07, 6.45) is 0. The summed E-state index contributed by atoms with van der Waals surface area (Å²) in [4.78, 5) is 36.7. The lowest BCUT2D eigenvalue weighted by molar-refractivity contribution is -0.255. The molecule has 2 aromatic heterocycles. The predicted molar refractivity (Wildman–Crippen MR) is 108 cm³/mol. The zero-order chi connectivity index (χ0) is 21.3. The number of carbonyl (C=O) groups is 1. The van der Waals surface area contributed by atoms with E-state index in [1.54, 1.807) is 12.1 Å². The van der Waals surface area contributed by atoms with Gasteiger partial charge in [0.15, 0.2) is 5.82 Å². The maximum absolute atomic E-state index is 12.8. The fraction of sp³-hybridized carbons (Fsp3) is 0.100. The van der Waals surface area contributed by atoms with Crippen LogP contribution in [-0.2, 0) is 6.54 Å². The normalized spacial score (nSPS) is 10.8. The van der Waals surface area contributed by atoms with Gasteiger partial charge < -0.3 is 21.0 Å². The number of aromatic carboxylic acids is 1. The predicted octanol–water partition coefficient (Wildman–Crippen LogP) is 0.628. The van der Waals surface area contributed by atoms with Crippen LogP contribution in [0.1, 0.15) is 21.9 Å². The fourth-order valence-corrected chi connectivity index (χ4v) is 3.03. The number of rotatable bonds is 5. The van der Waals surface area contributed by atoms with Gasteiger partial charge in [-0.05, 0) is 24.6 Å². The van der Waals surface area contributed by atoms with E-state index in [1.807, 2.05) is 31.2 Å². The van der Waals surface area contributed by atoms with Crippen LogP contribution in [-0.4, -0.2) is 30.7 Å². The minimum atomic E-state index is -1.49. The molecule has 0 atom stereocenters. The van der Waals surface area contributed by atoms with Gasteiger partial charge in [-0.25, -0.2) is 4.68 Å². The van der Waals surface area contributed by atoms with Crippen molar-refractivity contribution in [1.29, 1.82) is 0 Å². The number of carbonyl (C=O) groups excluding carboxylic acids is 1. The second-order valence-electron chi connectivity index (χ2n) is 6.52. The highest BCUT2D eigenvalue weighted by molar-refractivity contribution is 6.00. The minimum absolute atomic E-state index is 0.0509. The molecule has 0 aliphatic rings. The number of aromatic nitrogens is 5. The Hall–Kier alpha value is -4.34. The van der Waals surface area contributed by atoms with E-state index < -0.39 is 11.5 Å². The summed E-state index contributed by atoms with van der Waals surface area (Å²) in [5.41, 5.74) is 6.73. The number of nitrogen functional groups attached to an aromatic ring is 1. The van der Waals surface area contributed by atoms with Crippen molar-refractivity contribution in [1.82, 2.24) is 24.7 Å². The molecule has 4 rings (SSSR count). The van der Waals surface area contributed by atoms with Crippen molar-refractivity contribution >= 4 is 34.3 Å². The summed E-state index contributed by atoms with van der Waals surface area (Å²) < 4.78 is 0.972. The van der Waals surface area contributed by atoms with Gasteiger partial charge in [0.2, 0.25) is 11.9 Å². The lowest BCUT2D eigenvalue weighted by Crippen LogP contribution is -2.31. The average Bonchev–Trinajstić information content (AvgIpc) is 2.71. The van der Waals surface area contributed by atoms with Crippen molar-refractivity contribution in [2.24, 2.45) is 0 Å². The van der Waals surface area contributed by atoms with Gasteiger partial charge in [0, 0.05) is 11.1 Å². The van der Waals surface area contributed by atoms with Gasteiger partial charge in [-0.15, -0.1) is 0 Å². The molecule has 3 N–H and O–H groups in total. The fourth-order valence-electron chi connectivity index (χ4n) is 3.03. The zero-order valence-electron chi connectivity index (χ0n) is 15.9. The van der Waals surface area contributed by atoms with Crippen LogP contribution in [0.5, 0.6) is 0 Å². The minimum Gasteiger partial charge on any atom is -0.543 e. The quantitative estimate of drug-likeness (QED) is 0.489. The number of carboxylic acid groups (broad SMARTS) is 1. The molecule has 30 heavy (non-hydrogen) atoms. The summed E-state index contributed by atoms with van der Waals surface area (Å²) in [5, 5.41) is 18.9. The summed E-state index contributed by atoms with van der Waals surface area (Å²) in [6, 6.07) is 13.8. The summed E-state index contributed by atoms with van der Waals surface area (Å²) in [6.45, 7) is 1.73. The number of nitrogens with two attached hydrogens (primary N) is 1. The second kappa shape index (κ2) is 7.59. The highest BCUT2D eigenvalue weighted by atomic mass is 16.4. The SMILES string of the molecule is Cc1ccccc1Nc1nc(N)nc(Cn2nc(C(=O)[O-])c3ccccc3c2=O)n1. The Balaban J connectivity index is 1.75. The van der Waals surface area contributed by atoms with Crippen LogP contribution in [0.4, 0.5) is 17.6 Å². The topological polar surface area (TPSA) is 152 Å². The van der Waals surface area contributed by atoms with Crippen LogP contribution < -0.4 is 21.7 Å². The van der Waals surface area contributed by atoms with Crippen LogP contribution in [0, 0.1) is 6.92 Å². The molecular weight excluding hydrogens is 386 g/mol. The molecule has 2 aromatic carbocycles. The number of hydrogen-bond donors (Lipinski definition) is 2. The van der Waals surface area contributed by atoms with Crippen molar-refractivity contribution in [2.75, 3.05) is 11.1 Å². The average molecular weight is 402 g/mol. The first-order chi connectivity index (χ1) is 14.4. The van der Waals surface area contributed by atoms with E-state index in [0.29, 0.717) is 0 Å². The van der Waals surface area contributed by atoms with Crippen molar-refractivity contribution in [3.05, 3.63) is 76.0 Å². The largest absolute Gasteiger partial charge is 0.543 e. The first-order valence-electron chi connectivity index (χ1n) is 8.96. The Morgan fingerprint density at radius 3 is 2.50 bits per heavy atom. The van der Waals surface area contributed by atoms with Gasteiger partial charge in [0.25, 0.3) is 5.56 Å². The maximum atomic E-state index is 12.8. The number of benzene rings is 2. The number of fused-ring (bicyclic) bond motifs is 1. The molecule has 0 radical (unpaired) electrons. The Morgan fingerprint density at radius 1 is 1.07 bits per heavy atom. The van der Waals surface area contributed by atoms with Gasteiger partial charge in [-0.1, -0.05) is 36.4 Å². The Bertz CT molecular complexity index is 1330. The number of nitrogens with zero attached hydrogens (tertiary/aromatic N) is 5. The summed E-state index contributed by atoms with van der Waals surface area (Å²) in [5.74, 6) is -1.20. The molecule has 0 bridgehead atoms. The van der Waals surface area contributed by atoms with E-state index in [1.165, 1.54) is 12.1 Å². The van der Waals surface area contributed by atoms with Crippen molar-refractivity contribution in [3.8, 4) is 0 Å². The van der Waals surface area contributed by atoms with Crippen molar-refractivity contribution in [3.63, 3.8) is 0 Å².